The summed E-state index contributed by atoms with van der Waals surface area (Å²) in [6.45, 7) is 1.06. The summed E-state index contributed by atoms with van der Waals surface area (Å²) in [4.78, 5) is 30.2. The van der Waals surface area contributed by atoms with Crippen LogP contribution in [0.15, 0.2) is 61.2 Å². The van der Waals surface area contributed by atoms with Gasteiger partial charge in [0.25, 0.3) is 5.91 Å². The van der Waals surface area contributed by atoms with Crippen molar-refractivity contribution < 1.29 is 13.9 Å². The molecule has 4 aromatic rings. The SMILES string of the molecule is COc1ccc(F)cc1-c1ccnc2[nH]c(C3=CCN(C(=O)c4cnccn4)CC3)cc12. The molecule has 1 N–H and O–H groups in total. The molecule has 1 aliphatic heterocycles. The lowest BCUT2D eigenvalue weighted by atomic mass is 10.0. The molecule has 8 heteroatoms. The van der Waals surface area contributed by atoms with Gasteiger partial charge in [-0.3, -0.25) is 9.78 Å². The average Bonchev–Trinajstić information content (AvgIpc) is 3.29. The van der Waals surface area contributed by atoms with E-state index in [1.165, 1.54) is 24.5 Å². The number of ether oxygens (including phenoxy) is 1. The normalized spacial score (nSPS) is 13.8. The summed E-state index contributed by atoms with van der Waals surface area (Å²) in [7, 11) is 1.57. The fraction of sp³-hybridized carbons (Fsp3) is 0.167. The van der Waals surface area contributed by atoms with Crippen LogP contribution in [0.1, 0.15) is 22.6 Å². The second kappa shape index (κ2) is 8.22. The molecule has 0 unspecified atom stereocenters. The summed E-state index contributed by atoms with van der Waals surface area (Å²) >= 11 is 0. The van der Waals surface area contributed by atoms with Gasteiger partial charge in [-0.1, -0.05) is 6.08 Å². The maximum atomic E-state index is 14.0. The Kier molecular flexibility index (Phi) is 5.10. The number of carbonyl (C=O) groups excluding carboxylic acids is 1. The van der Waals surface area contributed by atoms with Crippen LogP contribution < -0.4 is 4.74 Å². The van der Waals surface area contributed by atoms with Crippen molar-refractivity contribution >= 4 is 22.5 Å². The van der Waals surface area contributed by atoms with Gasteiger partial charge in [-0.15, -0.1) is 0 Å². The molecule has 0 aliphatic carbocycles. The number of amides is 1. The lowest BCUT2D eigenvalue weighted by molar-refractivity contribution is 0.0766. The van der Waals surface area contributed by atoms with Crippen molar-refractivity contribution in [2.75, 3.05) is 20.2 Å². The van der Waals surface area contributed by atoms with Crippen LogP contribution in [0.2, 0.25) is 0 Å². The first-order chi connectivity index (χ1) is 15.6. The molecule has 0 saturated heterocycles. The third-order valence-electron chi connectivity index (χ3n) is 5.61. The second-order valence-corrected chi connectivity index (χ2v) is 7.47. The number of methoxy groups -OCH3 is 1. The van der Waals surface area contributed by atoms with E-state index in [-0.39, 0.29) is 11.7 Å². The largest absolute Gasteiger partial charge is 0.496 e. The van der Waals surface area contributed by atoms with Crippen molar-refractivity contribution in [2.24, 2.45) is 0 Å². The number of benzene rings is 1. The van der Waals surface area contributed by atoms with E-state index in [2.05, 4.69) is 19.9 Å². The van der Waals surface area contributed by atoms with Gasteiger partial charge in [0, 0.05) is 48.3 Å². The zero-order valence-electron chi connectivity index (χ0n) is 17.4. The summed E-state index contributed by atoms with van der Waals surface area (Å²) in [6, 6.07) is 8.35. The highest BCUT2D eigenvalue weighted by Gasteiger charge is 2.22. The van der Waals surface area contributed by atoms with E-state index in [0.29, 0.717) is 42.2 Å². The molecule has 0 atom stereocenters. The Balaban J connectivity index is 1.46. The van der Waals surface area contributed by atoms with Gasteiger partial charge in [0.15, 0.2) is 0 Å². The van der Waals surface area contributed by atoms with Gasteiger partial charge in [0.1, 0.15) is 22.9 Å². The van der Waals surface area contributed by atoms with Crippen LogP contribution in [-0.2, 0) is 0 Å². The van der Waals surface area contributed by atoms with Gasteiger partial charge in [0.2, 0.25) is 0 Å². The van der Waals surface area contributed by atoms with Crippen LogP contribution in [0.3, 0.4) is 0 Å². The molecular weight excluding hydrogens is 409 g/mol. The second-order valence-electron chi connectivity index (χ2n) is 7.47. The third kappa shape index (κ3) is 3.60. The molecule has 4 heterocycles. The van der Waals surface area contributed by atoms with Crippen molar-refractivity contribution in [3.63, 3.8) is 0 Å². The minimum Gasteiger partial charge on any atom is -0.496 e. The van der Waals surface area contributed by atoms with Crippen LogP contribution in [0, 0.1) is 5.82 Å². The number of fused-ring (bicyclic) bond motifs is 1. The molecule has 0 radical (unpaired) electrons. The fourth-order valence-corrected chi connectivity index (χ4v) is 4.00. The molecule has 0 spiro atoms. The van der Waals surface area contributed by atoms with Crippen molar-refractivity contribution in [2.45, 2.75) is 6.42 Å². The maximum Gasteiger partial charge on any atom is 0.274 e. The van der Waals surface area contributed by atoms with Crippen molar-refractivity contribution in [3.8, 4) is 16.9 Å². The highest BCUT2D eigenvalue weighted by Crippen LogP contribution is 2.36. The maximum absolute atomic E-state index is 14.0. The van der Waals surface area contributed by atoms with Crippen LogP contribution in [0.5, 0.6) is 5.75 Å². The standard InChI is InChI=1S/C24H20FN5O2/c1-32-22-3-2-16(25)12-18(22)17-4-7-28-23-19(17)13-20(29-23)15-5-10-30(11-6-15)24(31)21-14-26-8-9-27-21/h2-5,7-9,12-14H,6,10-11H2,1H3,(H,28,29). The van der Waals surface area contributed by atoms with E-state index in [9.17, 15) is 9.18 Å². The summed E-state index contributed by atoms with van der Waals surface area (Å²) < 4.78 is 19.4. The number of aromatic amines is 1. The molecule has 1 aliphatic rings. The molecule has 0 saturated carbocycles. The number of H-pyrrole nitrogens is 1. The quantitative estimate of drug-likeness (QED) is 0.528. The predicted octanol–water partition coefficient (Wildman–Crippen LogP) is 4.10. The number of halogens is 1. The van der Waals surface area contributed by atoms with Crippen molar-refractivity contribution in [1.29, 1.82) is 0 Å². The van der Waals surface area contributed by atoms with Gasteiger partial charge in [-0.05, 0) is 47.9 Å². The van der Waals surface area contributed by atoms with Crippen LogP contribution in [0.25, 0.3) is 27.7 Å². The number of nitrogens with one attached hydrogen (secondary N) is 1. The van der Waals surface area contributed by atoms with E-state index in [0.717, 1.165) is 22.2 Å². The Morgan fingerprint density at radius 1 is 1.12 bits per heavy atom. The molecule has 32 heavy (non-hydrogen) atoms. The molecular formula is C24H20FN5O2. The first-order valence-corrected chi connectivity index (χ1v) is 10.2. The Morgan fingerprint density at radius 2 is 2.03 bits per heavy atom. The summed E-state index contributed by atoms with van der Waals surface area (Å²) in [5.74, 6) is 0.133. The molecule has 160 valence electrons. The number of pyridine rings is 1. The molecule has 1 amide bonds. The first-order valence-electron chi connectivity index (χ1n) is 10.2. The van der Waals surface area contributed by atoms with Gasteiger partial charge in [0.05, 0.1) is 13.3 Å². The van der Waals surface area contributed by atoms with Gasteiger partial charge >= 0.3 is 0 Å². The molecule has 3 aromatic heterocycles. The van der Waals surface area contributed by atoms with Crippen LogP contribution in [0.4, 0.5) is 4.39 Å². The molecule has 0 bridgehead atoms. The number of rotatable bonds is 4. The van der Waals surface area contributed by atoms with E-state index in [4.69, 9.17) is 4.74 Å². The number of carbonyl (C=O) groups is 1. The van der Waals surface area contributed by atoms with Crippen molar-refractivity contribution in [1.82, 2.24) is 24.8 Å². The number of hydrogen-bond acceptors (Lipinski definition) is 5. The number of aromatic nitrogens is 4. The monoisotopic (exact) mass is 429 g/mol. The zero-order chi connectivity index (χ0) is 22.1. The fourth-order valence-electron chi connectivity index (χ4n) is 4.00. The average molecular weight is 429 g/mol. The van der Waals surface area contributed by atoms with Gasteiger partial charge < -0.3 is 14.6 Å². The first kappa shape index (κ1) is 19.9. The Hall–Kier alpha value is -4.07. The van der Waals surface area contributed by atoms with E-state index < -0.39 is 0 Å². The van der Waals surface area contributed by atoms with Crippen molar-refractivity contribution in [3.05, 3.63) is 78.4 Å². The minimum atomic E-state index is -0.329. The summed E-state index contributed by atoms with van der Waals surface area (Å²) in [5.41, 5.74) is 4.59. The van der Waals surface area contributed by atoms with E-state index in [1.54, 1.807) is 30.5 Å². The van der Waals surface area contributed by atoms with Crippen LogP contribution >= 0.6 is 0 Å². The molecule has 5 rings (SSSR count). The highest BCUT2D eigenvalue weighted by atomic mass is 19.1. The molecule has 0 fully saturated rings. The zero-order valence-corrected chi connectivity index (χ0v) is 17.4. The smallest absolute Gasteiger partial charge is 0.274 e. The number of nitrogens with zero attached hydrogens (tertiary/aromatic N) is 4. The van der Waals surface area contributed by atoms with Crippen LogP contribution in [-0.4, -0.2) is 50.9 Å². The van der Waals surface area contributed by atoms with E-state index >= 15 is 0 Å². The Bertz CT molecular complexity index is 1330. The third-order valence-corrected chi connectivity index (χ3v) is 5.61. The highest BCUT2D eigenvalue weighted by molar-refractivity contribution is 5.97. The Morgan fingerprint density at radius 3 is 2.78 bits per heavy atom. The minimum absolute atomic E-state index is 0.132. The lowest BCUT2D eigenvalue weighted by Crippen LogP contribution is -2.35. The topological polar surface area (TPSA) is 84.0 Å². The number of hydrogen-bond donors (Lipinski definition) is 1. The Labute approximate surface area is 183 Å². The molecule has 1 aromatic carbocycles. The lowest BCUT2D eigenvalue weighted by Gasteiger charge is -2.25. The summed E-state index contributed by atoms with van der Waals surface area (Å²) in [5, 5.41) is 0.880. The van der Waals surface area contributed by atoms with E-state index in [1.807, 2.05) is 18.2 Å². The summed E-state index contributed by atoms with van der Waals surface area (Å²) in [6.07, 6.45) is 8.96. The van der Waals surface area contributed by atoms with Gasteiger partial charge in [-0.2, -0.15) is 0 Å². The molecule has 7 nitrogen and oxygen atoms in total. The predicted molar refractivity (Wildman–Crippen MR) is 119 cm³/mol. The van der Waals surface area contributed by atoms with Gasteiger partial charge in [-0.25, -0.2) is 14.4 Å².